The van der Waals surface area contributed by atoms with Gasteiger partial charge in [-0.3, -0.25) is 4.90 Å². The van der Waals surface area contributed by atoms with E-state index in [1.54, 1.807) is 4.90 Å². The molecule has 4 heteroatoms. The molecule has 0 radical (unpaired) electrons. The van der Waals surface area contributed by atoms with E-state index in [2.05, 4.69) is 28.1 Å². The van der Waals surface area contributed by atoms with Crippen LogP contribution >= 0.6 is 15.9 Å². The summed E-state index contributed by atoms with van der Waals surface area (Å²) in [4.78, 5) is 14.1. The summed E-state index contributed by atoms with van der Waals surface area (Å²) in [6.45, 7) is 8.42. The van der Waals surface area contributed by atoms with Gasteiger partial charge in [-0.25, -0.2) is 4.79 Å². The number of benzene rings is 1. The highest BCUT2D eigenvalue weighted by molar-refractivity contribution is 9.10. The molecule has 0 fully saturated rings. The minimum atomic E-state index is -0.467. The molecule has 0 aromatic heterocycles. The van der Waals surface area contributed by atoms with Crippen LogP contribution in [-0.2, 0) is 11.2 Å². The number of fused-ring (bicyclic) bond motifs is 1. The Bertz CT molecular complexity index is 506. The molecule has 0 N–H and O–H groups in total. The number of aryl methyl sites for hydroxylation is 2. The summed E-state index contributed by atoms with van der Waals surface area (Å²) in [6, 6.07) is 4.19. The number of hydrogen-bond acceptors (Lipinski definition) is 2. The molecular weight excluding hydrogens is 306 g/mol. The number of carbonyl (C=O) groups is 1. The summed E-state index contributed by atoms with van der Waals surface area (Å²) >= 11 is 3.60. The lowest BCUT2D eigenvalue weighted by Gasteiger charge is -2.32. The second-order valence-corrected chi connectivity index (χ2v) is 6.73. The van der Waals surface area contributed by atoms with Gasteiger partial charge in [0.1, 0.15) is 5.60 Å². The second kappa shape index (κ2) is 5.16. The van der Waals surface area contributed by atoms with Crippen molar-refractivity contribution in [1.82, 2.24) is 0 Å². The molecule has 1 heterocycles. The molecule has 2 rings (SSSR count). The normalized spacial score (nSPS) is 15.1. The van der Waals surface area contributed by atoms with E-state index in [1.165, 1.54) is 5.56 Å². The fourth-order valence-electron chi connectivity index (χ4n) is 2.24. The molecule has 0 bridgehead atoms. The van der Waals surface area contributed by atoms with E-state index < -0.39 is 5.60 Å². The molecule has 3 nitrogen and oxygen atoms in total. The van der Waals surface area contributed by atoms with E-state index in [0.29, 0.717) is 6.54 Å². The van der Waals surface area contributed by atoms with Crippen molar-refractivity contribution in [3.05, 3.63) is 27.7 Å². The lowest BCUT2D eigenvalue weighted by molar-refractivity contribution is 0.0577. The molecule has 104 valence electrons. The number of halogens is 1. The Balaban J connectivity index is 2.37. The van der Waals surface area contributed by atoms with Crippen molar-refractivity contribution < 1.29 is 9.53 Å². The van der Waals surface area contributed by atoms with Gasteiger partial charge in [0.15, 0.2) is 0 Å². The number of amides is 1. The molecule has 0 atom stereocenters. The monoisotopic (exact) mass is 325 g/mol. The van der Waals surface area contributed by atoms with E-state index in [0.717, 1.165) is 28.6 Å². The molecule has 0 saturated carbocycles. The maximum absolute atomic E-state index is 12.3. The van der Waals surface area contributed by atoms with Gasteiger partial charge in [-0.2, -0.15) is 0 Å². The third-order valence-electron chi connectivity index (χ3n) is 3.10. The summed E-state index contributed by atoms with van der Waals surface area (Å²) in [5.41, 5.74) is 2.84. The zero-order valence-corrected chi connectivity index (χ0v) is 13.5. The van der Waals surface area contributed by atoms with Crippen molar-refractivity contribution in [1.29, 1.82) is 0 Å². The Kier molecular flexibility index (Phi) is 3.90. The van der Waals surface area contributed by atoms with E-state index >= 15 is 0 Å². The lowest BCUT2D eigenvalue weighted by Crippen LogP contribution is -2.40. The number of rotatable bonds is 0. The van der Waals surface area contributed by atoms with Crippen molar-refractivity contribution >= 4 is 27.7 Å². The fourth-order valence-corrected chi connectivity index (χ4v) is 2.84. The Labute approximate surface area is 123 Å². The van der Waals surface area contributed by atoms with E-state index in [9.17, 15) is 4.79 Å². The van der Waals surface area contributed by atoms with Gasteiger partial charge in [-0.05, 0) is 67.6 Å². The molecule has 0 unspecified atom stereocenters. The molecule has 0 spiro atoms. The third-order valence-corrected chi connectivity index (χ3v) is 4.11. The number of nitrogens with zero attached hydrogens (tertiary/aromatic N) is 1. The van der Waals surface area contributed by atoms with Crippen LogP contribution in [0.1, 0.15) is 38.3 Å². The van der Waals surface area contributed by atoms with Crippen molar-refractivity contribution in [3.63, 3.8) is 0 Å². The Morgan fingerprint density at radius 2 is 2.05 bits per heavy atom. The van der Waals surface area contributed by atoms with Crippen LogP contribution in [0.4, 0.5) is 10.5 Å². The molecule has 1 aromatic carbocycles. The molecule has 1 aliphatic rings. The first kappa shape index (κ1) is 14.4. The van der Waals surface area contributed by atoms with Crippen LogP contribution in [0.2, 0.25) is 0 Å². The standard InChI is InChI=1S/C15H20BrNO2/c1-10-7-8-11-6-5-9-17(13(11)12(10)16)14(18)19-15(2,3)4/h7-8H,5-6,9H2,1-4H3. The number of anilines is 1. The average molecular weight is 326 g/mol. The highest BCUT2D eigenvalue weighted by Crippen LogP contribution is 2.37. The van der Waals surface area contributed by atoms with Crippen LogP contribution in [0.15, 0.2) is 16.6 Å². The van der Waals surface area contributed by atoms with E-state index in [1.807, 2.05) is 27.7 Å². The SMILES string of the molecule is Cc1ccc2c(c1Br)N(C(=O)OC(C)(C)C)CCC2. The maximum Gasteiger partial charge on any atom is 0.414 e. The minimum Gasteiger partial charge on any atom is -0.443 e. The van der Waals surface area contributed by atoms with Crippen LogP contribution in [0, 0.1) is 6.92 Å². The Hall–Kier alpha value is -1.03. The Morgan fingerprint density at radius 1 is 1.37 bits per heavy atom. The summed E-state index contributed by atoms with van der Waals surface area (Å²) in [7, 11) is 0. The first-order valence-electron chi connectivity index (χ1n) is 6.58. The largest absolute Gasteiger partial charge is 0.443 e. The predicted octanol–water partition coefficient (Wildman–Crippen LogP) is 4.45. The quantitative estimate of drug-likeness (QED) is 0.705. The first-order valence-corrected chi connectivity index (χ1v) is 7.37. The topological polar surface area (TPSA) is 29.5 Å². The van der Waals surface area contributed by atoms with Gasteiger partial charge in [0.2, 0.25) is 0 Å². The van der Waals surface area contributed by atoms with Crippen molar-refractivity contribution in [2.24, 2.45) is 0 Å². The highest BCUT2D eigenvalue weighted by atomic mass is 79.9. The van der Waals surface area contributed by atoms with E-state index in [4.69, 9.17) is 4.74 Å². The highest BCUT2D eigenvalue weighted by Gasteiger charge is 2.29. The zero-order valence-electron chi connectivity index (χ0n) is 11.9. The van der Waals surface area contributed by atoms with Gasteiger partial charge in [0, 0.05) is 11.0 Å². The third kappa shape index (κ3) is 3.11. The molecule has 19 heavy (non-hydrogen) atoms. The average Bonchev–Trinajstić information content (AvgIpc) is 2.31. The molecule has 0 aliphatic carbocycles. The van der Waals surface area contributed by atoms with Gasteiger partial charge in [-0.1, -0.05) is 12.1 Å². The Morgan fingerprint density at radius 3 is 2.68 bits per heavy atom. The van der Waals surface area contributed by atoms with Crippen LogP contribution < -0.4 is 4.90 Å². The molecule has 0 saturated heterocycles. The molecule has 1 aromatic rings. The van der Waals surface area contributed by atoms with Gasteiger partial charge in [0.25, 0.3) is 0 Å². The summed E-state index contributed by atoms with van der Waals surface area (Å²) < 4.78 is 6.49. The number of hydrogen-bond donors (Lipinski definition) is 0. The summed E-state index contributed by atoms with van der Waals surface area (Å²) in [6.07, 6.45) is 1.72. The smallest absolute Gasteiger partial charge is 0.414 e. The number of carbonyl (C=O) groups excluding carboxylic acids is 1. The van der Waals surface area contributed by atoms with Crippen LogP contribution in [0.5, 0.6) is 0 Å². The van der Waals surface area contributed by atoms with E-state index in [-0.39, 0.29) is 6.09 Å². The minimum absolute atomic E-state index is 0.264. The first-order chi connectivity index (χ1) is 8.79. The van der Waals surface area contributed by atoms with Crippen molar-refractivity contribution in [2.75, 3.05) is 11.4 Å². The fraction of sp³-hybridized carbons (Fsp3) is 0.533. The molecule has 1 aliphatic heterocycles. The van der Waals surface area contributed by atoms with Gasteiger partial charge in [0.05, 0.1) is 5.69 Å². The zero-order chi connectivity index (χ0) is 14.2. The second-order valence-electron chi connectivity index (χ2n) is 5.94. The summed E-state index contributed by atoms with van der Waals surface area (Å²) in [5.74, 6) is 0. The molecular formula is C15H20BrNO2. The summed E-state index contributed by atoms with van der Waals surface area (Å²) in [5, 5.41) is 0. The lowest BCUT2D eigenvalue weighted by atomic mass is 10.0. The van der Waals surface area contributed by atoms with Gasteiger partial charge >= 0.3 is 6.09 Å². The van der Waals surface area contributed by atoms with Crippen molar-refractivity contribution in [2.45, 2.75) is 46.1 Å². The maximum atomic E-state index is 12.3. The van der Waals surface area contributed by atoms with Gasteiger partial charge < -0.3 is 4.74 Å². The van der Waals surface area contributed by atoms with Crippen LogP contribution in [0.3, 0.4) is 0 Å². The van der Waals surface area contributed by atoms with Crippen LogP contribution in [0.25, 0.3) is 0 Å². The number of ether oxygens (including phenoxy) is 1. The van der Waals surface area contributed by atoms with Gasteiger partial charge in [-0.15, -0.1) is 0 Å². The molecule has 1 amide bonds. The predicted molar refractivity (Wildman–Crippen MR) is 80.8 cm³/mol. The van der Waals surface area contributed by atoms with Crippen molar-refractivity contribution in [3.8, 4) is 0 Å². The van der Waals surface area contributed by atoms with Crippen LogP contribution in [-0.4, -0.2) is 18.2 Å².